The lowest BCUT2D eigenvalue weighted by atomic mass is 10.0. The fourth-order valence-corrected chi connectivity index (χ4v) is 3.01. The van der Waals surface area contributed by atoms with Crippen molar-refractivity contribution in [2.24, 2.45) is 0 Å². The van der Waals surface area contributed by atoms with Crippen molar-refractivity contribution in [1.82, 2.24) is 19.9 Å². The number of pyridine rings is 1. The summed E-state index contributed by atoms with van der Waals surface area (Å²) in [6.07, 6.45) is -0.159. The molecule has 1 aromatic carbocycles. The first kappa shape index (κ1) is 18.9. The Morgan fingerprint density at radius 2 is 1.79 bits per heavy atom. The molecule has 0 saturated carbocycles. The predicted molar refractivity (Wildman–Crippen MR) is 96.9 cm³/mol. The van der Waals surface area contributed by atoms with Crippen molar-refractivity contribution in [2.75, 3.05) is 13.2 Å². The minimum absolute atomic E-state index is 0.231. The van der Waals surface area contributed by atoms with Crippen LogP contribution in [0.1, 0.15) is 21.9 Å². The SMILES string of the molecule is O=C1c2cc(-c3ccc(C(F)(F)F)nc3)ccc2OCCN1Cc1ncccn1. The molecule has 0 bridgehead atoms. The second-order valence-electron chi connectivity index (χ2n) is 6.38. The summed E-state index contributed by atoms with van der Waals surface area (Å²) in [7, 11) is 0. The van der Waals surface area contributed by atoms with E-state index in [1.54, 1.807) is 41.6 Å². The smallest absolute Gasteiger partial charge is 0.433 e. The Hall–Kier alpha value is -3.49. The van der Waals surface area contributed by atoms with Crippen LogP contribution in [0.25, 0.3) is 11.1 Å². The van der Waals surface area contributed by atoms with Crippen LogP contribution in [0.5, 0.6) is 5.75 Å². The second-order valence-corrected chi connectivity index (χ2v) is 6.38. The highest BCUT2D eigenvalue weighted by molar-refractivity contribution is 5.98. The first-order valence-electron chi connectivity index (χ1n) is 8.77. The Morgan fingerprint density at radius 3 is 2.48 bits per heavy atom. The lowest BCUT2D eigenvalue weighted by Crippen LogP contribution is -2.32. The van der Waals surface area contributed by atoms with E-state index in [0.717, 1.165) is 12.3 Å². The monoisotopic (exact) mass is 400 g/mol. The molecular formula is C20H15F3N4O2. The highest BCUT2D eigenvalue weighted by Gasteiger charge is 2.32. The lowest BCUT2D eigenvalue weighted by molar-refractivity contribution is -0.141. The number of nitrogens with zero attached hydrogens (tertiary/aromatic N) is 4. The zero-order chi connectivity index (χ0) is 20.4. The van der Waals surface area contributed by atoms with E-state index in [4.69, 9.17) is 4.74 Å². The molecule has 0 N–H and O–H groups in total. The molecule has 1 aliphatic heterocycles. The minimum Gasteiger partial charge on any atom is -0.491 e. The Labute approximate surface area is 164 Å². The van der Waals surface area contributed by atoms with Crippen LogP contribution >= 0.6 is 0 Å². The van der Waals surface area contributed by atoms with Gasteiger partial charge in [0.15, 0.2) is 0 Å². The first-order chi connectivity index (χ1) is 13.9. The molecule has 0 fully saturated rings. The van der Waals surface area contributed by atoms with Crippen molar-refractivity contribution < 1.29 is 22.7 Å². The predicted octanol–water partition coefficient (Wildman–Crippen LogP) is 3.59. The lowest BCUT2D eigenvalue weighted by Gasteiger charge is -2.19. The third-order valence-electron chi connectivity index (χ3n) is 4.45. The Kier molecular flexibility index (Phi) is 4.87. The molecule has 0 aliphatic carbocycles. The third kappa shape index (κ3) is 4.03. The molecule has 0 saturated heterocycles. The van der Waals surface area contributed by atoms with Gasteiger partial charge in [0.2, 0.25) is 0 Å². The molecule has 4 rings (SSSR count). The summed E-state index contributed by atoms with van der Waals surface area (Å²) in [5.41, 5.74) is 0.399. The van der Waals surface area contributed by atoms with Gasteiger partial charge >= 0.3 is 6.18 Å². The number of ether oxygens (including phenoxy) is 1. The van der Waals surface area contributed by atoms with Crippen LogP contribution in [0.15, 0.2) is 55.0 Å². The summed E-state index contributed by atoms with van der Waals surface area (Å²) >= 11 is 0. The molecule has 148 valence electrons. The summed E-state index contributed by atoms with van der Waals surface area (Å²) < 4.78 is 43.9. The topological polar surface area (TPSA) is 68.2 Å². The van der Waals surface area contributed by atoms with E-state index < -0.39 is 11.9 Å². The van der Waals surface area contributed by atoms with E-state index in [1.165, 1.54) is 6.07 Å². The zero-order valence-corrected chi connectivity index (χ0v) is 15.1. The van der Waals surface area contributed by atoms with Crippen LogP contribution in [0, 0.1) is 0 Å². The van der Waals surface area contributed by atoms with Crippen molar-refractivity contribution in [1.29, 1.82) is 0 Å². The number of amides is 1. The van der Waals surface area contributed by atoms with Gasteiger partial charge in [-0.05, 0) is 29.8 Å². The van der Waals surface area contributed by atoms with Gasteiger partial charge in [-0.3, -0.25) is 9.78 Å². The summed E-state index contributed by atoms with van der Waals surface area (Å²) in [6, 6.07) is 8.87. The Morgan fingerprint density at radius 1 is 1.03 bits per heavy atom. The Balaban J connectivity index is 1.63. The van der Waals surface area contributed by atoms with Gasteiger partial charge < -0.3 is 9.64 Å². The van der Waals surface area contributed by atoms with Crippen LogP contribution < -0.4 is 4.74 Å². The van der Waals surface area contributed by atoms with Crippen molar-refractivity contribution >= 4 is 5.91 Å². The number of halogens is 3. The van der Waals surface area contributed by atoms with Gasteiger partial charge in [0.05, 0.1) is 18.7 Å². The molecule has 1 aliphatic rings. The number of carbonyl (C=O) groups excluding carboxylic acids is 1. The van der Waals surface area contributed by atoms with E-state index in [1.807, 2.05) is 0 Å². The molecular weight excluding hydrogens is 385 g/mol. The minimum atomic E-state index is -4.50. The van der Waals surface area contributed by atoms with Gasteiger partial charge in [-0.25, -0.2) is 9.97 Å². The molecule has 6 nitrogen and oxygen atoms in total. The summed E-state index contributed by atoms with van der Waals surface area (Å²) in [5.74, 6) is 0.675. The van der Waals surface area contributed by atoms with E-state index in [-0.39, 0.29) is 12.5 Å². The maximum absolute atomic E-state index is 13.0. The van der Waals surface area contributed by atoms with Gasteiger partial charge in [-0.15, -0.1) is 0 Å². The first-order valence-corrected chi connectivity index (χ1v) is 8.77. The van der Waals surface area contributed by atoms with E-state index >= 15 is 0 Å². The molecule has 3 heterocycles. The van der Waals surface area contributed by atoms with E-state index in [9.17, 15) is 18.0 Å². The quantitative estimate of drug-likeness (QED) is 0.672. The van der Waals surface area contributed by atoms with Gasteiger partial charge in [-0.1, -0.05) is 12.1 Å². The molecule has 1 amide bonds. The van der Waals surface area contributed by atoms with Crippen LogP contribution in [0.3, 0.4) is 0 Å². The molecule has 0 spiro atoms. The van der Waals surface area contributed by atoms with Crippen molar-refractivity contribution in [3.05, 3.63) is 72.1 Å². The maximum Gasteiger partial charge on any atom is 0.433 e. The largest absolute Gasteiger partial charge is 0.491 e. The maximum atomic E-state index is 13.0. The standard InChI is InChI=1S/C20H15F3N4O2/c21-20(22,23)17-5-3-14(11-26-17)13-2-4-16-15(10-13)19(28)27(8-9-29-16)12-18-24-6-1-7-25-18/h1-7,10-11H,8-9,12H2. The average Bonchev–Trinajstić information content (AvgIpc) is 2.87. The molecule has 3 aromatic rings. The third-order valence-corrected chi connectivity index (χ3v) is 4.45. The van der Waals surface area contributed by atoms with Crippen LogP contribution in [-0.2, 0) is 12.7 Å². The van der Waals surface area contributed by atoms with Gasteiger partial charge in [0, 0.05) is 24.2 Å². The van der Waals surface area contributed by atoms with Crippen LogP contribution in [0.4, 0.5) is 13.2 Å². The average molecular weight is 400 g/mol. The second kappa shape index (κ2) is 7.50. The number of hydrogen-bond acceptors (Lipinski definition) is 5. The number of fused-ring (bicyclic) bond motifs is 1. The van der Waals surface area contributed by atoms with Gasteiger partial charge in [-0.2, -0.15) is 13.2 Å². The number of hydrogen-bond donors (Lipinski definition) is 0. The molecule has 0 radical (unpaired) electrons. The number of aromatic nitrogens is 3. The summed E-state index contributed by atoms with van der Waals surface area (Å²) in [5, 5.41) is 0. The molecule has 29 heavy (non-hydrogen) atoms. The van der Waals surface area contributed by atoms with Crippen molar-refractivity contribution in [2.45, 2.75) is 12.7 Å². The number of rotatable bonds is 3. The number of alkyl halides is 3. The van der Waals surface area contributed by atoms with E-state index in [0.29, 0.717) is 41.4 Å². The van der Waals surface area contributed by atoms with Crippen LogP contribution in [-0.4, -0.2) is 38.9 Å². The number of benzene rings is 1. The normalized spacial score (nSPS) is 14.2. The van der Waals surface area contributed by atoms with Gasteiger partial charge in [0.25, 0.3) is 5.91 Å². The molecule has 9 heteroatoms. The van der Waals surface area contributed by atoms with Crippen LogP contribution in [0.2, 0.25) is 0 Å². The molecule has 0 unspecified atom stereocenters. The fourth-order valence-electron chi connectivity index (χ4n) is 3.01. The summed E-state index contributed by atoms with van der Waals surface area (Å²) in [6.45, 7) is 0.907. The van der Waals surface area contributed by atoms with E-state index in [2.05, 4.69) is 15.0 Å². The molecule has 0 atom stereocenters. The molecule has 2 aromatic heterocycles. The Bertz CT molecular complexity index is 1020. The number of carbonyl (C=O) groups is 1. The zero-order valence-electron chi connectivity index (χ0n) is 15.1. The van der Waals surface area contributed by atoms with Gasteiger partial charge in [0.1, 0.15) is 23.9 Å². The fraction of sp³-hybridized carbons (Fsp3) is 0.200. The highest BCUT2D eigenvalue weighted by atomic mass is 19.4. The van der Waals surface area contributed by atoms with Crippen molar-refractivity contribution in [3.8, 4) is 16.9 Å². The summed E-state index contributed by atoms with van der Waals surface area (Å²) in [4.78, 5) is 26.4. The highest BCUT2D eigenvalue weighted by Crippen LogP contribution is 2.32. The van der Waals surface area contributed by atoms with Crippen molar-refractivity contribution in [3.63, 3.8) is 0 Å².